The lowest BCUT2D eigenvalue weighted by Gasteiger charge is -2.10. The van der Waals surface area contributed by atoms with E-state index in [0.29, 0.717) is 16.5 Å². The van der Waals surface area contributed by atoms with E-state index >= 15 is 0 Å². The fourth-order valence-corrected chi connectivity index (χ4v) is 3.76. The first-order valence-electron chi connectivity index (χ1n) is 9.22. The number of aromatic nitrogens is 1. The van der Waals surface area contributed by atoms with Gasteiger partial charge in [0.1, 0.15) is 17.1 Å². The molecule has 0 aliphatic rings. The molecule has 6 nitrogen and oxygen atoms in total. The first-order chi connectivity index (χ1) is 14.6. The number of methoxy groups -OCH3 is 2. The van der Waals surface area contributed by atoms with Crippen molar-refractivity contribution in [2.24, 2.45) is 0 Å². The van der Waals surface area contributed by atoms with Gasteiger partial charge in [0.25, 0.3) is 0 Å². The van der Waals surface area contributed by atoms with E-state index in [1.807, 2.05) is 48.7 Å². The van der Waals surface area contributed by atoms with Crippen LogP contribution in [-0.2, 0) is 4.79 Å². The summed E-state index contributed by atoms with van der Waals surface area (Å²) in [6, 6.07) is 11.6. The Morgan fingerprint density at radius 1 is 1.17 bits per heavy atom. The van der Waals surface area contributed by atoms with Crippen LogP contribution in [0.15, 0.2) is 64.7 Å². The third-order valence-corrected chi connectivity index (χ3v) is 5.42. The lowest BCUT2D eigenvalue weighted by Crippen LogP contribution is -2.08. The Hall–Kier alpha value is -3.58. The van der Waals surface area contributed by atoms with E-state index < -0.39 is 0 Å². The lowest BCUT2D eigenvalue weighted by atomic mass is 9.99. The van der Waals surface area contributed by atoms with Crippen LogP contribution in [0, 0.1) is 0 Å². The highest BCUT2D eigenvalue weighted by atomic mass is 32.1. The predicted octanol–water partition coefficient (Wildman–Crippen LogP) is 5.62. The number of carbonyl (C=O) groups excluding carboxylic acids is 1. The minimum atomic E-state index is -0.243. The molecular formula is C23H20N2O4S. The lowest BCUT2D eigenvalue weighted by molar-refractivity contribution is -0.111. The van der Waals surface area contributed by atoms with Crippen LogP contribution in [0.2, 0.25) is 0 Å². The average molecular weight is 420 g/mol. The number of hydrogen-bond acceptors (Lipinski definition) is 6. The summed E-state index contributed by atoms with van der Waals surface area (Å²) in [5.41, 5.74) is 4.26. The molecule has 0 saturated heterocycles. The number of allylic oxidation sites excluding steroid dienone is 1. The summed E-state index contributed by atoms with van der Waals surface area (Å²) in [4.78, 5) is 16.4. The molecule has 30 heavy (non-hydrogen) atoms. The molecular weight excluding hydrogens is 400 g/mol. The predicted molar refractivity (Wildman–Crippen MR) is 119 cm³/mol. The van der Waals surface area contributed by atoms with Gasteiger partial charge in [-0.25, -0.2) is 4.98 Å². The second kappa shape index (κ2) is 8.42. The van der Waals surface area contributed by atoms with Crippen LogP contribution in [-0.4, -0.2) is 25.1 Å². The van der Waals surface area contributed by atoms with Gasteiger partial charge in [-0.1, -0.05) is 12.1 Å². The van der Waals surface area contributed by atoms with E-state index in [2.05, 4.69) is 10.3 Å². The number of anilines is 1. The van der Waals surface area contributed by atoms with Crippen molar-refractivity contribution in [1.29, 1.82) is 0 Å². The topological polar surface area (TPSA) is 73.6 Å². The Kier molecular flexibility index (Phi) is 5.54. The van der Waals surface area contributed by atoms with Gasteiger partial charge in [0, 0.05) is 40.2 Å². The number of thiazole rings is 1. The fourth-order valence-electron chi connectivity index (χ4n) is 3.23. The molecule has 0 aliphatic carbocycles. The minimum absolute atomic E-state index is 0.243. The molecule has 1 N–H and O–H groups in total. The monoisotopic (exact) mass is 420 g/mol. The van der Waals surface area contributed by atoms with Crippen molar-refractivity contribution in [3.8, 4) is 22.6 Å². The van der Waals surface area contributed by atoms with Crippen molar-refractivity contribution in [2.75, 3.05) is 19.5 Å². The van der Waals surface area contributed by atoms with Gasteiger partial charge in [0.2, 0.25) is 5.91 Å². The molecule has 2 heterocycles. The van der Waals surface area contributed by atoms with E-state index in [9.17, 15) is 4.79 Å². The zero-order valence-electron chi connectivity index (χ0n) is 16.8. The maximum absolute atomic E-state index is 12.4. The molecule has 0 bridgehead atoms. The normalized spacial score (nSPS) is 11.5. The molecule has 2 aromatic heterocycles. The van der Waals surface area contributed by atoms with Crippen molar-refractivity contribution < 1.29 is 18.7 Å². The van der Waals surface area contributed by atoms with E-state index in [1.165, 1.54) is 17.4 Å². The number of carbonyl (C=O) groups is 1. The standard InChI is InChI=1S/C23H20N2O4S/c1-14(10-22(26)25-23-24-8-9-30-23)17-11-18-19(13-29-21(18)12-20(17)28-3)15-4-6-16(27-2)7-5-15/h4-13H,1-3H3,(H,24,25,26)/b14-10+. The van der Waals surface area contributed by atoms with Crippen LogP contribution in [0.3, 0.4) is 0 Å². The fraction of sp³-hybridized carbons (Fsp3) is 0.130. The SMILES string of the molecule is COc1ccc(-c2coc3cc(OC)c(/C(C)=C/C(=O)Nc4nccs4)cc23)cc1. The van der Waals surface area contributed by atoms with Gasteiger partial charge in [-0.2, -0.15) is 0 Å². The van der Waals surface area contributed by atoms with Crippen LogP contribution < -0.4 is 14.8 Å². The molecule has 0 saturated carbocycles. The van der Waals surface area contributed by atoms with Crippen LogP contribution in [0.25, 0.3) is 27.7 Å². The van der Waals surface area contributed by atoms with Crippen LogP contribution >= 0.6 is 11.3 Å². The highest BCUT2D eigenvalue weighted by molar-refractivity contribution is 7.13. The van der Waals surface area contributed by atoms with E-state index in [-0.39, 0.29) is 5.91 Å². The largest absolute Gasteiger partial charge is 0.497 e. The number of furan rings is 1. The Morgan fingerprint density at radius 3 is 2.63 bits per heavy atom. The van der Waals surface area contributed by atoms with Crippen LogP contribution in [0.4, 0.5) is 5.13 Å². The van der Waals surface area contributed by atoms with E-state index in [1.54, 1.807) is 26.7 Å². The Balaban J connectivity index is 1.73. The third kappa shape index (κ3) is 3.92. The number of benzene rings is 2. The zero-order valence-corrected chi connectivity index (χ0v) is 17.6. The van der Waals surface area contributed by atoms with Crippen LogP contribution in [0.5, 0.6) is 11.5 Å². The maximum atomic E-state index is 12.4. The molecule has 0 radical (unpaired) electrons. The molecule has 1 amide bonds. The average Bonchev–Trinajstić information content (AvgIpc) is 3.42. The van der Waals surface area contributed by atoms with Gasteiger partial charge in [0.15, 0.2) is 5.13 Å². The number of ether oxygens (including phenoxy) is 2. The maximum Gasteiger partial charge on any atom is 0.250 e. The summed E-state index contributed by atoms with van der Waals surface area (Å²) in [5, 5.41) is 6.06. The molecule has 4 aromatic rings. The van der Waals surface area contributed by atoms with Crippen LogP contribution in [0.1, 0.15) is 12.5 Å². The Bertz CT molecular complexity index is 1210. The first kappa shape index (κ1) is 19.7. The third-order valence-electron chi connectivity index (χ3n) is 4.73. The number of nitrogens with zero attached hydrogens (tertiary/aromatic N) is 1. The molecule has 0 spiro atoms. The van der Waals surface area contributed by atoms with Gasteiger partial charge < -0.3 is 13.9 Å². The molecule has 0 unspecified atom stereocenters. The molecule has 0 aliphatic heterocycles. The summed E-state index contributed by atoms with van der Waals surface area (Å²) in [6.07, 6.45) is 4.91. The number of amides is 1. The molecule has 0 atom stereocenters. The second-order valence-electron chi connectivity index (χ2n) is 6.58. The highest BCUT2D eigenvalue weighted by Gasteiger charge is 2.15. The van der Waals surface area contributed by atoms with Gasteiger partial charge in [0.05, 0.1) is 20.5 Å². The van der Waals surface area contributed by atoms with Crippen molar-refractivity contribution in [2.45, 2.75) is 6.92 Å². The van der Waals surface area contributed by atoms with Crippen molar-refractivity contribution in [1.82, 2.24) is 4.98 Å². The molecule has 152 valence electrons. The quantitative estimate of drug-likeness (QED) is 0.410. The summed E-state index contributed by atoms with van der Waals surface area (Å²) < 4.78 is 16.6. The first-order valence-corrected chi connectivity index (χ1v) is 10.1. The Morgan fingerprint density at radius 2 is 1.97 bits per heavy atom. The summed E-state index contributed by atoms with van der Waals surface area (Å²) in [6.45, 7) is 1.87. The second-order valence-corrected chi connectivity index (χ2v) is 7.47. The summed E-state index contributed by atoms with van der Waals surface area (Å²) in [7, 11) is 3.24. The molecule has 4 rings (SSSR count). The van der Waals surface area contributed by atoms with Crippen molar-refractivity contribution >= 4 is 38.9 Å². The number of rotatable bonds is 6. The van der Waals surface area contributed by atoms with Gasteiger partial charge >= 0.3 is 0 Å². The van der Waals surface area contributed by atoms with E-state index in [0.717, 1.165) is 33.4 Å². The van der Waals surface area contributed by atoms with Crippen molar-refractivity contribution in [3.05, 3.63) is 65.9 Å². The Labute approximate surface area is 177 Å². The molecule has 7 heteroatoms. The number of hydrogen-bond donors (Lipinski definition) is 1. The smallest absolute Gasteiger partial charge is 0.250 e. The van der Waals surface area contributed by atoms with Crippen molar-refractivity contribution in [3.63, 3.8) is 0 Å². The highest BCUT2D eigenvalue weighted by Crippen LogP contribution is 2.37. The number of fused-ring (bicyclic) bond motifs is 1. The summed E-state index contributed by atoms with van der Waals surface area (Å²) >= 11 is 1.37. The zero-order chi connectivity index (χ0) is 21.1. The van der Waals surface area contributed by atoms with Gasteiger partial charge in [-0.05, 0) is 36.3 Å². The molecule has 0 fully saturated rings. The van der Waals surface area contributed by atoms with E-state index in [4.69, 9.17) is 13.9 Å². The number of nitrogens with one attached hydrogen (secondary N) is 1. The summed E-state index contributed by atoms with van der Waals surface area (Å²) in [5.74, 6) is 1.18. The minimum Gasteiger partial charge on any atom is -0.497 e. The van der Waals surface area contributed by atoms with Gasteiger partial charge in [-0.3, -0.25) is 10.1 Å². The van der Waals surface area contributed by atoms with Gasteiger partial charge in [-0.15, -0.1) is 11.3 Å². The molecule has 2 aromatic carbocycles.